The average Bonchev–Trinajstić information content (AvgIpc) is 3.18. The van der Waals surface area contributed by atoms with Crippen LogP contribution >= 0.6 is 22.9 Å². The van der Waals surface area contributed by atoms with Gasteiger partial charge in [0.15, 0.2) is 5.82 Å². The number of carbonyl (C=O) groups is 1. The van der Waals surface area contributed by atoms with Crippen LogP contribution in [-0.4, -0.2) is 33.6 Å². The minimum absolute atomic E-state index is 0.0969. The molecule has 0 spiro atoms. The Bertz CT molecular complexity index is 1050. The lowest BCUT2D eigenvalue weighted by atomic mass is 10.0. The summed E-state index contributed by atoms with van der Waals surface area (Å²) in [7, 11) is 1.37. The van der Waals surface area contributed by atoms with E-state index in [1.807, 2.05) is 35.8 Å². The van der Waals surface area contributed by atoms with E-state index in [9.17, 15) is 4.79 Å². The van der Waals surface area contributed by atoms with Crippen LogP contribution in [0, 0.1) is 13.8 Å². The lowest BCUT2D eigenvalue weighted by Gasteiger charge is -2.11. The molecule has 0 N–H and O–H groups in total. The number of thiophene rings is 1. The van der Waals surface area contributed by atoms with Crippen LogP contribution in [0.1, 0.15) is 40.8 Å². The summed E-state index contributed by atoms with van der Waals surface area (Å²) in [5.74, 6) is 1.06. The minimum Gasteiger partial charge on any atom is -0.469 e. The van der Waals surface area contributed by atoms with Gasteiger partial charge in [0.05, 0.1) is 19.2 Å². The molecular weight excluding hydrogens is 384 g/mol. The Morgan fingerprint density at radius 3 is 2.70 bits per heavy atom. The predicted molar refractivity (Wildman–Crippen MR) is 105 cm³/mol. The van der Waals surface area contributed by atoms with Crippen LogP contribution in [0.25, 0.3) is 5.00 Å². The fourth-order valence-electron chi connectivity index (χ4n) is 3.21. The molecule has 8 heteroatoms. The Hall–Kier alpha value is -2.51. The molecule has 1 unspecified atom stereocenters. The fraction of sp³-hybridized carbons (Fsp3) is 0.263. The van der Waals surface area contributed by atoms with Crippen molar-refractivity contribution in [2.75, 3.05) is 7.11 Å². The number of rotatable bonds is 3. The summed E-state index contributed by atoms with van der Waals surface area (Å²) >= 11 is 7.68. The van der Waals surface area contributed by atoms with Crippen molar-refractivity contribution in [3.8, 4) is 5.00 Å². The van der Waals surface area contributed by atoms with Crippen LogP contribution in [0.3, 0.4) is 0 Å². The summed E-state index contributed by atoms with van der Waals surface area (Å²) < 4.78 is 6.87. The normalized spacial score (nSPS) is 15.6. The summed E-state index contributed by atoms with van der Waals surface area (Å²) in [5, 5.41) is 12.3. The van der Waals surface area contributed by atoms with Gasteiger partial charge >= 0.3 is 5.97 Å². The maximum atomic E-state index is 12.0. The second-order valence-corrected chi connectivity index (χ2v) is 7.61. The van der Waals surface area contributed by atoms with Gasteiger partial charge < -0.3 is 4.74 Å². The molecule has 0 aliphatic carbocycles. The molecule has 0 saturated heterocycles. The van der Waals surface area contributed by atoms with E-state index in [0.29, 0.717) is 10.8 Å². The molecule has 0 radical (unpaired) electrons. The van der Waals surface area contributed by atoms with E-state index in [-0.39, 0.29) is 12.4 Å². The number of aromatic nitrogens is 3. The van der Waals surface area contributed by atoms with E-state index in [1.165, 1.54) is 7.11 Å². The number of carbonyl (C=O) groups excluding carboxylic acids is 1. The third-order valence-electron chi connectivity index (χ3n) is 4.53. The molecule has 1 aliphatic rings. The summed E-state index contributed by atoms with van der Waals surface area (Å²) in [6, 6.07) is 7.08. The molecule has 3 aromatic rings. The highest BCUT2D eigenvalue weighted by Crippen LogP contribution is 2.37. The topological polar surface area (TPSA) is 69.4 Å². The minimum atomic E-state index is -0.483. The molecule has 0 amide bonds. The SMILES string of the molecule is COC(=O)CC1N=C(c2ccc(Cl)cc2)c2c(C)csc2-n2c(C)nnc21. The zero-order valence-electron chi connectivity index (χ0n) is 15.1. The first kappa shape index (κ1) is 17.9. The van der Waals surface area contributed by atoms with Crippen molar-refractivity contribution in [3.05, 3.63) is 63.0 Å². The summed E-state index contributed by atoms with van der Waals surface area (Å²) in [4.78, 5) is 17.0. The van der Waals surface area contributed by atoms with Crippen LogP contribution in [0.2, 0.25) is 5.02 Å². The number of benzene rings is 1. The first-order valence-electron chi connectivity index (χ1n) is 8.41. The van der Waals surface area contributed by atoms with Crippen molar-refractivity contribution in [1.29, 1.82) is 0 Å². The van der Waals surface area contributed by atoms with Crippen molar-refractivity contribution in [3.63, 3.8) is 0 Å². The van der Waals surface area contributed by atoms with Crippen LogP contribution in [0.15, 0.2) is 34.6 Å². The number of halogens is 1. The van der Waals surface area contributed by atoms with Gasteiger partial charge in [-0.05, 0) is 36.9 Å². The van der Waals surface area contributed by atoms with Crippen LogP contribution in [-0.2, 0) is 9.53 Å². The Balaban J connectivity index is 1.97. The van der Waals surface area contributed by atoms with Crippen LogP contribution < -0.4 is 0 Å². The maximum absolute atomic E-state index is 12.0. The average molecular weight is 401 g/mol. The number of hydrogen-bond donors (Lipinski definition) is 0. The van der Waals surface area contributed by atoms with E-state index in [1.54, 1.807) is 11.3 Å². The van der Waals surface area contributed by atoms with E-state index in [0.717, 1.165) is 33.2 Å². The molecule has 4 rings (SSSR count). The number of ether oxygens (including phenoxy) is 1. The van der Waals surface area contributed by atoms with E-state index >= 15 is 0 Å². The summed E-state index contributed by atoms with van der Waals surface area (Å²) in [5.41, 5.74) is 3.90. The first-order valence-corrected chi connectivity index (χ1v) is 9.66. The second-order valence-electron chi connectivity index (χ2n) is 6.32. The molecule has 1 atom stereocenters. The highest BCUT2D eigenvalue weighted by atomic mass is 35.5. The predicted octanol–water partition coefficient (Wildman–Crippen LogP) is 4.05. The fourth-order valence-corrected chi connectivity index (χ4v) is 4.45. The van der Waals surface area contributed by atoms with Gasteiger partial charge in [-0.3, -0.25) is 14.4 Å². The molecule has 1 aromatic carbocycles. The number of hydrogen-bond acceptors (Lipinski definition) is 6. The third-order valence-corrected chi connectivity index (χ3v) is 5.87. The summed E-state index contributed by atoms with van der Waals surface area (Å²) in [6.45, 7) is 3.96. The van der Waals surface area contributed by atoms with Crippen molar-refractivity contribution < 1.29 is 9.53 Å². The van der Waals surface area contributed by atoms with Gasteiger partial charge in [0, 0.05) is 16.1 Å². The highest BCUT2D eigenvalue weighted by Gasteiger charge is 2.31. The zero-order valence-corrected chi connectivity index (χ0v) is 16.6. The number of methoxy groups -OCH3 is 1. The molecule has 138 valence electrons. The molecular formula is C19H17ClN4O2S. The van der Waals surface area contributed by atoms with Gasteiger partial charge in [0.1, 0.15) is 16.9 Å². The molecule has 6 nitrogen and oxygen atoms in total. The zero-order chi connectivity index (χ0) is 19.1. The molecule has 27 heavy (non-hydrogen) atoms. The molecule has 3 heterocycles. The standard InChI is InChI=1S/C19H17ClN4O2S/c1-10-9-27-19-16(10)17(12-4-6-13(20)7-5-12)21-14(8-15(25)26-3)18-23-22-11(2)24(18)19/h4-7,9,14H,8H2,1-3H3. The number of aryl methyl sites for hydroxylation is 2. The summed E-state index contributed by atoms with van der Waals surface area (Å²) in [6.07, 6.45) is 0.0969. The van der Waals surface area contributed by atoms with E-state index in [2.05, 4.69) is 22.5 Å². The van der Waals surface area contributed by atoms with Crippen LogP contribution in [0.5, 0.6) is 0 Å². The molecule has 1 aliphatic heterocycles. The second kappa shape index (κ2) is 6.90. The van der Waals surface area contributed by atoms with Gasteiger partial charge in [-0.15, -0.1) is 21.5 Å². The monoisotopic (exact) mass is 400 g/mol. The van der Waals surface area contributed by atoms with Crippen LogP contribution in [0.4, 0.5) is 0 Å². The lowest BCUT2D eigenvalue weighted by Crippen LogP contribution is -2.12. The highest BCUT2D eigenvalue weighted by molar-refractivity contribution is 7.13. The Labute approximate surface area is 165 Å². The first-order chi connectivity index (χ1) is 13.0. The van der Waals surface area contributed by atoms with Gasteiger partial charge in [-0.25, -0.2) is 0 Å². The molecule has 0 bridgehead atoms. The smallest absolute Gasteiger partial charge is 0.308 e. The Morgan fingerprint density at radius 1 is 1.26 bits per heavy atom. The number of esters is 1. The third kappa shape index (κ3) is 3.07. The van der Waals surface area contributed by atoms with Gasteiger partial charge in [-0.1, -0.05) is 23.7 Å². The van der Waals surface area contributed by atoms with Crippen molar-refractivity contribution in [2.24, 2.45) is 4.99 Å². The lowest BCUT2D eigenvalue weighted by molar-refractivity contribution is -0.141. The molecule has 2 aromatic heterocycles. The largest absolute Gasteiger partial charge is 0.469 e. The van der Waals surface area contributed by atoms with Gasteiger partial charge in [0.25, 0.3) is 0 Å². The van der Waals surface area contributed by atoms with E-state index in [4.69, 9.17) is 21.3 Å². The van der Waals surface area contributed by atoms with Gasteiger partial charge in [-0.2, -0.15) is 0 Å². The Morgan fingerprint density at radius 2 is 2.00 bits per heavy atom. The van der Waals surface area contributed by atoms with Crippen molar-refractivity contribution in [2.45, 2.75) is 26.3 Å². The van der Waals surface area contributed by atoms with Crippen molar-refractivity contribution in [1.82, 2.24) is 14.8 Å². The number of aliphatic imine (C=N–C) groups is 1. The van der Waals surface area contributed by atoms with Gasteiger partial charge in [0.2, 0.25) is 0 Å². The number of fused-ring (bicyclic) bond motifs is 3. The molecule has 0 fully saturated rings. The van der Waals surface area contributed by atoms with E-state index < -0.39 is 6.04 Å². The molecule has 0 saturated carbocycles. The number of nitrogens with zero attached hydrogens (tertiary/aromatic N) is 4. The maximum Gasteiger partial charge on any atom is 0.308 e. The Kier molecular flexibility index (Phi) is 4.57. The van der Waals surface area contributed by atoms with Crippen molar-refractivity contribution >= 4 is 34.6 Å². The quantitative estimate of drug-likeness (QED) is 0.622.